The smallest absolute Gasteiger partial charge is 0.344 e. The third kappa shape index (κ3) is 4.98. The fraction of sp³-hybridized carbons (Fsp3) is 0.235. The van der Waals surface area contributed by atoms with Gasteiger partial charge < -0.3 is 14.0 Å². The Labute approximate surface area is 139 Å². The van der Waals surface area contributed by atoms with Crippen molar-refractivity contribution in [1.29, 1.82) is 0 Å². The van der Waals surface area contributed by atoms with Gasteiger partial charge in [0.1, 0.15) is 11.4 Å². The van der Waals surface area contributed by atoms with E-state index in [2.05, 4.69) is 5.32 Å². The van der Waals surface area contributed by atoms with E-state index in [1.807, 2.05) is 13.0 Å². The summed E-state index contributed by atoms with van der Waals surface area (Å²) in [5, 5.41) is 2.14. The van der Waals surface area contributed by atoms with Crippen LogP contribution in [-0.4, -0.2) is 35.6 Å². The molecule has 0 bridgehead atoms. The fourth-order valence-corrected chi connectivity index (χ4v) is 1.96. The van der Waals surface area contributed by atoms with Crippen molar-refractivity contribution in [3.8, 4) is 5.75 Å². The van der Waals surface area contributed by atoms with Gasteiger partial charge in [0, 0.05) is 13.2 Å². The van der Waals surface area contributed by atoms with Crippen LogP contribution < -0.4 is 10.1 Å². The number of aryl methyl sites for hydroxylation is 2. The van der Waals surface area contributed by atoms with Crippen molar-refractivity contribution >= 4 is 17.8 Å². The van der Waals surface area contributed by atoms with Crippen molar-refractivity contribution in [3.05, 3.63) is 53.9 Å². The lowest BCUT2D eigenvalue weighted by molar-refractivity contribution is -0.150. The number of hydrogen-bond donors (Lipinski definition) is 1. The molecule has 0 unspecified atom stereocenters. The van der Waals surface area contributed by atoms with Gasteiger partial charge in [-0.05, 0) is 36.8 Å². The molecule has 126 valence electrons. The first-order valence-electron chi connectivity index (χ1n) is 7.26. The van der Waals surface area contributed by atoms with Crippen LogP contribution in [0.4, 0.5) is 0 Å². The van der Waals surface area contributed by atoms with E-state index in [9.17, 15) is 14.4 Å². The number of carbonyl (C=O) groups excluding carboxylic acids is 3. The summed E-state index contributed by atoms with van der Waals surface area (Å²) >= 11 is 0. The van der Waals surface area contributed by atoms with Crippen molar-refractivity contribution in [3.63, 3.8) is 0 Å². The first-order valence-corrected chi connectivity index (χ1v) is 7.26. The molecule has 1 aromatic carbocycles. The molecule has 0 saturated heterocycles. The van der Waals surface area contributed by atoms with E-state index in [4.69, 9.17) is 9.47 Å². The van der Waals surface area contributed by atoms with Gasteiger partial charge in [-0.3, -0.25) is 14.9 Å². The van der Waals surface area contributed by atoms with Crippen LogP contribution in [0.25, 0.3) is 0 Å². The van der Waals surface area contributed by atoms with Crippen LogP contribution in [0, 0.1) is 6.92 Å². The Kier molecular flexibility index (Phi) is 5.73. The number of aromatic nitrogens is 1. The minimum Gasteiger partial charge on any atom is -0.482 e. The van der Waals surface area contributed by atoms with Gasteiger partial charge in [-0.1, -0.05) is 12.1 Å². The third-order valence-electron chi connectivity index (χ3n) is 3.14. The summed E-state index contributed by atoms with van der Waals surface area (Å²) in [6.45, 7) is 1.04. The number of nitrogens with zero attached hydrogens (tertiary/aromatic N) is 1. The molecule has 0 atom stereocenters. The van der Waals surface area contributed by atoms with Crippen LogP contribution in [0.5, 0.6) is 5.75 Å². The van der Waals surface area contributed by atoms with Crippen LogP contribution in [0.1, 0.15) is 16.1 Å². The normalized spacial score (nSPS) is 10.1. The van der Waals surface area contributed by atoms with E-state index in [1.54, 1.807) is 48.1 Å². The lowest BCUT2D eigenvalue weighted by atomic mass is 10.2. The lowest BCUT2D eigenvalue weighted by Gasteiger charge is -2.08. The van der Waals surface area contributed by atoms with Crippen LogP contribution in [0.3, 0.4) is 0 Å². The highest BCUT2D eigenvalue weighted by atomic mass is 16.6. The van der Waals surface area contributed by atoms with Gasteiger partial charge in [-0.15, -0.1) is 0 Å². The third-order valence-corrected chi connectivity index (χ3v) is 3.14. The first-order chi connectivity index (χ1) is 11.5. The van der Waals surface area contributed by atoms with Gasteiger partial charge >= 0.3 is 5.97 Å². The number of ether oxygens (including phenoxy) is 2. The summed E-state index contributed by atoms with van der Waals surface area (Å²) < 4.78 is 11.6. The standard InChI is InChI=1S/C17H18N2O5/c1-12-5-3-6-13(9-12)23-11-16(21)24-10-15(20)18-17(22)14-7-4-8-19(14)2/h3-9H,10-11H2,1-2H3,(H,18,20,22). The number of hydrogen-bond acceptors (Lipinski definition) is 5. The maximum atomic E-state index is 11.8. The van der Waals surface area contributed by atoms with Gasteiger partial charge in [0.15, 0.2) is 13.2 Å². The number of nitrogens with one attached hydrogen (secondary N) is 1. The molecule has 0 fully saturated rings. The number of imide groups is 1. The van der Waals surface area contributed by atoms with E-state index in [0.29, 0.717) is 11.4 Å². The average molecular weight is 330 g/mol. The molecule has 0 saturated carbocycles. The second-order valence-electron chi connectivity index (χ2n) is 5.15. The van der Waals surface area contributed by atoms with Gasteiger partial charge in [0.2, 0.25) is 0 Å². The lowest BCUT2D eigenvalue weighted by Crippen LogP contribution is -2.35. The fourth-order valence-electron chi connectivity index (χ4n) is 1.96. The van der Waals surface area contributed by atoms with Crippen LogP contribution >= 0.6 is 0 Å². The number of benzene rings is 1. The largest absolute Gasteiger partial charge is 0.482 e. The van der Waals surface area contributed by atoms with Crippen molar-refractivity contribution in [2.24, 2.45) is 7.05 Å². The van der Waals surface area contributed by atoms with Crippen molar-refractivity contribution in [2.75, 3.05) is 13.2 Å². The van der Waals surface area contributed by atoms with Gasteiger partial charge in [-0.2, -0.15) is 0 Å². The van der Waals surface area contributed by atoms with Gasteiger partial charge in [-0.25, -0.2) is 4.79 Å². The summed E-state index contributed by atoms with van der Waals surface area (Å²) in [6, 6.07) is 10.5. The molecule has 0 aliphatic carbocycles. The van der Waals surface area contributed by atoms with E-state index in [-0.39, 0.29) is 6.61 Å². The van der Waals surface area contributed by atoms with Crippen molar-refractivity contribution in [2.45, 2.75) is 6.92 Å². The van der Waals surface area contributed by atoms with E-state index in [0.717, 1.165) is 5.56 Å². The second-order valence-corrected chi connectivity index (χ2v) is 5.15. The molecule has 0 radical (unpaired) electrons. The monoisotopic (exact) mass is 330 g/mol. The molecule has 0 aliphatic heterocycles. The van der Waals surface area contributed by atoms with E-state index >= 15 is 0 Å². The quantitative estimate of drug-likeness (QED) is 0.805. The molecule has 1 aromatic heterocycles. The Hall–Kier alpha value is -3.09. The number of rotatable bonds is 6. The van der Waals surface area contributed by atoms with Crippen LogP contribution in [0.15, 0.2) is 42.6 Å². The van der Waals surface area contributed by atoms with E-state index < -0.39 is 24.4 Å². The van der Waals surface area contributed by atoms with Crippen LogP contribution in [0.2, 0.25) is 0 Å². The number of carbonyl (C=O) groups is 3. The highest BCUT2D eigenvalue weighted by Gasteiger charge is 2.14. The predicted molar refractivity (Wildman–Crippen MR) is 85.5 cm³/mol. The maximum Gasteiger partial charge on any atom is 0.344 e. The zero-order valence-electron chi connectivity index (χ0n) is 13.4. The summed E-state index contributed by atoms with van der Waals surface area (Å²) in [7, 11) is 1.68. The Morgan fingerprint density at radius 1 is 1.12 bits per heavy atom. The number of esters is 1. The topological polar surface area (TPSA) is 86.6 Å². The van der Waals surface area contributed by atoms with Crippen molar-refractivity contribution in [1.82, 2.24) is 9.88 Å². The van der Waals surface area contributed by atoms with E-state index in [1.165, 1.54) is 0 Å². The first kappa shape index (κ1) is 17.3. The Bertz CT molecular complexity index is 751. The summed E-state index contributed by atoms with van der Waals surface area (Å²) in [6.07, 6.45) is 1.68. The molecule has 7 heteroatoms. The molecular formula is C17H18N2O5. The SMILES string of the molecule is Cc1cccc(OCC(=O)OCC(=O)NC(=O)c2cccn2C)c1. The predicted octanol–water partition coefficient (Wildman–Crippen LogP) is 1.21. The summed E-state index contributed by atoms with van der Waals surface area (Å²) in [5.74, 6) is -1.42. The molecule has 1 N–H and O–H groups in total. The van der Waals surface area contributed by atoms with Gasteiger partial charge in [0.25, 0.3) is 11.8 Å². The zero-order valence-corrected chi connectivity index (χ0v) is 13.4. The Balaban J connectivity index is 1.72. The highest BCUT2D eigenvalue weighted by molar-refractivity contribution is 6.04. The minimum absolute atomic E-state index is 0.317. The summed E-state index contributed by atoms with van der Waals surface area (Å²) in [4.78, 5) is 35.0. The zero-order chi connectivity index (χ0) is 17.5. The van der Waals surface area contributed by atoms with Crippen LogP contribution in [-0.2, 0) is 21.4 Å². The molecule has 2 rings (SSSR count). The molecule has 0 aliphatic rings. The molecule has 1 heterocycles. The maximum absolute atomic E-state index is 11.8. The molecule has 0 spiro atoms. The molecule has 7 nitrogen and oxygen atoms in total. The summed E-state index contributed by atoms with van der Waals surface area (Å²) in [5.41, 5.74) is 1.33. The number of amides is 2. The van der Waals surface area contributed by atoms with Crippen molar-refractivity contribution < 1.29 is 23.9 Å². The highest BCUT2D eigenvalue weighted by Crippen LogP contribution is 2.12. The second kappa shape index (κ2) is 7.96. The Morgan fingerprint density at radius 2 is 1.92 bits per heavy atom. The van der Waals surface area contributed by atoms with Gasteiger partial charge in [0.05, 0.1) is 0 Å². The average Bonchev–Trinajstić information content (AvgIpc) is 2.97. The molecule has 24 heavy (non-hydrogen) atoms. The minimum atomic E-state index is -0.704. The molecular weight excluding hydrogens is 312 g/mol. The molecule has 2 aromatic rings. The molecule has 2 amide bonds. The Morgan fingerprint density at radius 3 is 2.58 bits per heavy atom.